The zero-order valence-electron chi connectivity index (χ0n) is 12.0. The van der Waals surface area contributed by atoms with Gasteiger partial charge in [0, 0.05) is 19.1 Å². The van der Waals surface area contributed by atoms with Crippen molar-refractivity contribution in [2.45, 2.75) is 31.3 Å². The predicted molar refractivity (Wildman–Crippen MR) is 76.8 cm³/mol. The van der Waals surface area contributed by atoms with Gasteiger partial charge in [-0.25, -0.2) is 17.9 Å². The molecule has 1 aromatic rings. The molecule has 0 aliphatic carbocycles. The first-order valence-electron chi connectivity index (χ1n) is 6.76. The van der Waals surface area contributed by atoms with Crippen LogP contribution in [0.15, 0.2) is 23.1 Å². The summed E-state index contributed by atoms with van der Waals surface area (Å²) in [5.74, 6) is -0.994. The molecule has 0 spiro atoms. The third-order valence-corrected chi connectivity index (χ3v) is 5.24. The van der Waals surface area contributed by atoms with Crippen molar-refractivity contribution < 1.29 is 23.1 Å². The first-order chi connectivity index (χ1) is 9.81. The van der Waals surface area contributed by atoms with E-state index in [9.17, 15) is 13.2 Å². The fourth-order valence-corrected chi connectivity index (χ4v) is 3.46. The number of carboxylic acid groups (broad SMARTS) is 1. The third-order valence-electron chi connectivity index (χ3n) is 3.82. The number of aromatic carboxylic acids is 1. The maximum absolute atomic E-state index is 12.2. The van der Waals surface area contributed by atoms with Crippen molar-refractivity contribution in [3.63, 3.8) is 0 Å². The lowest BCUT2D eigenvalue weighted by atomic mass is 10.0. The van der Waals surface area contributed by atoms with E-state index in [0.29, 0.717) is 18.7 Å². The van der Waals surface area contributed by atoms with Crippen LogP contribution in [0.1, 0.15) is 29.3 Å². The summed E-state index contributed by atoms with van der Waals surface area (Å²) in [5.41, 5.74) is 0.523. The van der Waals surface area contributed by atoms with Gasteiger partial charge in [0.1, 0.15) is 0 Å². The minimum Gasteiger partial charge on any atom is -0.478 e. The number of nitrogens with one attached hydrogen (secondary N) is 1. The van der Waals surface area contributed by atoms with Crippen molar-refractivity contribution in [2.24, 2.45) is 5.92 Å². The number of benzene rings is 1. The molecule has 1 aliphatic heterocycles. The first-order valence-corrected chi connectivity index (χ1v) is 8.25. The second-order valence-electron chi connectivity index (χ2n) is 5.26. The van der Waals surface area contributed by atoms with Crippen molar-refractivity contribution >= 4 is 16.0 Å². The highest BCUT2D eigenvalue weighted by molar-refractivity contribution is 7.89. The number of aryl methyl sites for hydroxylation is 1. The molecule has 1 saturated heterocycles. The maximum atomic E-state index is 12.2. The van der Waals surface area contributed by atoms with E-state index in [0.717, 1.165) is 6.42 Å². The van der Waals surface area contributed by atoms with Crippen LogP contribution in [0, 0.1) is 12.8 Å². The number of rotatable bonds is 5. The second kappa shape index (κ2) is 6.13. The van der Waals surface area contributed by atoms with Crippen molar-refractivity contribution in [2.75, 3.05) is 13.2 Å². The van der Waals surface area contributed by atoms with Gasteiger partial charge in [0.2, 0.25) is 10.0 Å². The van der Waals surface area contributed by atoms with Crippen molar-refractivity contribution in [3.05, 3.63) is 29.3 Å². The molecule has 7 heteroatoms. The Balaban J connectivity index is 2.15. The van der Waals surface area contributed by atoms with Crippen LogP contribution in [0.4, 0.5) is 0 Å². The molecule has 0 aromatic heterocycles. The topological polar surface area (TPSA) is 92.7 Å². The normalized spacial score (nSPS) is 22.4. The average Bonchev–Trinajstić information content (AvgIpc) is 2.82. The summed E-state index contributed by atoms with van der Waals surface area (Å²) >= 11 is 0. The highest BCUT2D eigenvalue weighted by Gasteiger charge is 2.26. The molecule has 0 amide bonds. The number of sulfonamides is 1. The summed E-state index contributed by atoms with van der Waals surface area (Å²) < 4.78 is 32.4. The van der Waals surface area contributed by atoms with E-state index >= 15 is 0 Å². The fraction of sp³-hybridized carbons (Fsp3) is 0.500. The molecule has 2 rings (SSSR count). The predicted octanol–water partition coefficient (Wildman–Crippen LogP) is 1.40. The van der Waals surface area contributed by atoms with Gasteiger partial charge in [0.25, 0.3) is 0 Å². The van der Waals surface area contributed by atoms with Gasteiger partial charge in [-0.1, -0.05) is 6.07 Å². The van der Waals surface area contributed by atoms with Crippen molar-refractivity contribution in [1.82, 2.24) is 4.72 Å². The van der Waals surface area contributed by atoms with Crippen LogP contribution < -0.4 is 4.72 Å². The Morgan fingerprint density at radius 2 is 2.19 bits per heavy atom. The van der Waals surface area contributed by atoms with Crippen molar-refractivity contribution in [3.8, 4) is 0 Å². The third kappa shape index (κ3) is 3.61. The molecule has 2 unspecified atom stereocenters. The van der Waals surface area contributed by atoms with Gasteiger partial charge >= 0.3 is 5.97 Å². The van der Waals surface area contributed by atoms with Gasteiger partial charge in [0.05, 0.1) is 16.6 Å². The molecule has 1 fully saturated rings. The van der Waals surface area contributed by atoms with E-state index in [4.69, 9.17) is 9.84 Å². The Labute approximate surface area is 124 Å². The van der Waals surface area contributed by atoms with Crippen molar-refractivity contribution in [1.29, 1.82) is 0 Å². The molecule has 0 bridgehead atoms. The molecule has 0 saturated carbocycles. The zero-order chi connectivity index (χ0) is 15.6. The van der Waals surface area contributed by atoms with Crippen LogP contribution in [-0.2, 0) is 14.8 Å². The molecular formula is C14H19NO5S. The van der Waals surface area contributed by atoms with E-state index in [1.807, 2.05) is 6.92 Å². The van der Waals surface area contributed by atoms with E-state index in [-0.39, 0.29) is 22.5 Å². The lowest BCUT2D eigenvalue weighted by Crippen LogP contribution is -2.32. The monoisotopic (exact) mass is 313 g/mol. The number of hydrogen-bond acceptors (Lipinski definition) is 4. The van der Waals surface area contributed by atoms with Gasteiger partial charge in [-0.05, 0) is 38.0 Å². The fourth-order valence-electron chi connectivity index (χ4n) is 2.34. The van der Waals surface area contributed by atoms with Crippen LogP contribution in [0.5, 0.6) is 0 Å². The van der Waals surface area contributed by atoms with Gasteiger partial charge < -0.3 is 9.84 Å². The van der Waals surface area contributed by atoms with Gasteiger partial charge in [-0.3, -0.25) is 0 Å². The lowest BCUT2D eigenvalue weighted by Gasteiger charge is -2.15. The van der Waals surface area contributed by atoms with Gasteiger partial charge in [0.15, 0.2) is 0 Å². The summed E-state index contributed by atoms with van der Waals surface area (Å²) in [6.45, 7) is 4.48. The molecule has 116 valence electrons. The van der Waals surface area contributed by atoms with Gasteiger partial charge in [-0.15, -0.1) is 0 Å². The molecule has 21 heavy (non-hydrogen) atoms. The molecule has 1 heterocycles. The summed E-state index contributed by atoms with van der Waals surface area (Å²) in [4.78, 5) is 11.0. The molecule has 1 aliphatic rings. The Morgan fingerprint density at radius 3 is 2.76 bits per heavy atom. The van der Waals surface area contributed by atoms with Gasteiger partial charge in [-0.2, -0.15) is 0 Å². The van der Waals surface area contributed by atoms with Crippen LogP contribution in [0.2, 0.25) is 0 Å². The average molecular weight is 313 g/mol. The Bertz CT molecular complexity index is 641. The molecule has 6 nitrogen and oxygen atoms in total. The van der Waals surface area contributed by atoms with Crippen LogP contribution in [0.25, 0.3) is 0 Å². The minimum absolute atomic E-state index is 0.00422. The Morgan fingerprint density at radius 1 is 1.48 bits per heavy atom. The Hall–Kier alpha value is -1.44. The van der Waals surface area contributed by atoms with Crippen LogP contribution in [0.3, 0.4) is 0 Å². The number of carbonyl (C=O) groups is 1. The first kappa shape index (κ1) is 15.9. The molecule has 0 radical (unpaired) electrons. The van der Waals surface area contributed by atoms with E-state index in [1.165, 1.54) is 18.2 Å². The molecular weight excluding hydrogens is 294 g/mol. The van der Waals surface area contributed by atoms with Crippen LogP contribution in [-0.4, -0.2) is 38.7 Å². The standard InChI is InChI=1S/C14H19NO5S/c1-9-3-4-12(7-13(9)14(16)17)21(18,19)15-8-11-5-6-20-10(11)2/h3-4,7,10-11,15H,5-6,8H2,1-2H3,(H,16,17). The molecule has 1 aromatic carbocycles. The molecule has 2 atom stereocenters. The Kier molecular flexibility index (Phi) is 4.65. The van der Waals surface area contributed by atoms with E-state index in [1.54, 1.807) is 6.92 Å². The lowest BCUT2D eigenvalue weighted by molar-refractivity contribution is 0.0696. The quantitative estimate of drug-likeness (QED) is 0.857. The SMILES string of the molecule is Cc1ccc(S(=O)(=O)NCC2CCOC2C)cc1C(=O)O. The summed E-state index contributed by atoms with van der Waals surface area (Å²) in [6, 6.07) is 4.10. The summed E-state index contributed by atoms with van der Waals surface area (Å²) in [7, 11) is -3.71. The number of hydrogen-bond donors (Lipinski definition) is 2. The second-order valence-corrected chi connectivity index (χ2v) is 7.03. The van der Waals surface area contributed by atoms with E-state index < -0.39 is 16.0 Å². The highest BCUT2D eigenvalue weighted by Crippen LogP contribution is 2.21. The zero-order valence-corrected chi connectivity index (χ0v) is 12.8. The number of carboxylic acids is 1. The smallest absolute Gasteiger partial charge is 0.335 e. The minimum atomic E-state index is -3.71. The van der Waals surface area contributed by atoms with E-state index in [2.05, 4.69) is 4.72 Å². The number of ether oxygens (including phenoxy) is 1. The highest BCUT2D eigenvalue weighted by atomic mass is 32.2. The maximum Gasteiger partial charge on any atom is 0.335 e. The summed E-state index contributed by atoms with van der Waals surface area (Å²) in [6.07, 6.45) is 0.845. The summed E-state index contributed by atoms with van der Waals surface area (Å²) in [5, 5.41) is 9.06. The largest absolute Gasteiger partial charge is 0.478 e. The molecule has 2 N–H and O–H groups in total. The van der Waals surface area contributed by atoms with Crippen LogP contribution >= 0.6 is 0 Å².